The number of ether oxygens (including phenoxy) is 3. The van der Waals surface area contributed by atoms with Crippen molar-refractivity contribution < 1.29 is 34.0 Å². The zero-order valence-electron chi connectivity index (χ0n) is 15.6. The molecule has 0 aliphatic carbocycles. The molecule has 0 aliphatic rings. The number of phenolic OH excluding ortho intramolecular Hbond substituents is 1. The first-order chi connectivity index (χ1) is 13.5. The maximum Gasteiger partial charge on any atom is 0.414 e. The van der Waals surface area contributed by atoms with Crippen LogP contribution in [0.4, 0.5) is 4.79 Å². The maximum atomic E-state index is 12.3. The molecule has 150 valence electrons. The van der Waals surface area contributed by atoms with E-state index in [9.17, 15) is 19.8 Å². The number of imide groups is 1. The summed E-state index contributed by atoms with van der Waals surface area (Å²) in [6, 6.07) is 12.7. The average molecular weight is 389 g/mol. The van der Waals surface area contributed by atoms with Crippen molar-refractivity contribution in [3.63, 3.8) is 0 Å². The lowest BCUT2D eigenvalue weighted by Gasteiger charge is -2.26. The number of nitrogens with one attached hydrogen (secondary N) is 1. The molecule has 0 aromatic heterocycles. The van der Waals surface area contributed by atoms with Crippen LogP contribution in [0.5, 0.6) is 11.5 Å². The zero-order valence-corrected chi connectivity index (χ0v) is 15.6. The number of carbonyl (C=O) groups is 2. The lowest BCUT2D eigenvalue weighted by Crippen LogP contribution is -2.35. The van der Waals surface area contributed by atoms with Gasteiger partial charge in [0, 0.05) is 25.7 Å². The van der Waals surface area contributed by atoms with Gasteiger partial charge in [-0.25, -0.2) is 4.79 Å². The lowest BCUT2D eigenvalue weighted by atomic mass is 10.0. The molecule has 0 unspecified atom stereocenters. The topological polar surface area (TPSA) is 114 Å². The molecule has 28 heavy (non-hydrogen) atoms. The van der Waals surface area contributed by atoms with Gasteiger partial charge in [-0.15, -0.1) is 0 Å². The zero-order chi connectivity index (χ0) is 20.5. The highest BCUT2D eigenvalue weighted by atomic mass is 16.6. The van der Waals surface area contributed by atoms with Gasteiger partial charge in [0.15, 0.2) is 17.6 Å². The highest BCUT2D eigenvalue weighted by Gasteiger charge is 2.28. The molecule has 8 heteroatoms. The summed E-state index contributed by atoms with van der Waals surface area (Å²) in [5, 5.41) is 21.4. The van der Waals surface area contributed by atoms with Crippen molar-refractivity contribution in [3.8, 4) is 11.5 Å². The van der Waals surface area contributed by atoms with Crippen LogP contribution in [0.3, 0.4) is 0 Å². The Morgan fingerprint density at radius 3 is 2.39 bits per heavy atom. The third kappa shape index (κ3) is 5.45. The summed E-state index contributed by atoms with van der Waals surface area (Å²) < 4.78 is 15.7. The van der Waals surface area contributed by atoms with Crippen molar-refractivity contribution in [1.29, 1.82) is 0 Å². The standard InChI is InChI=1S/C20H23NO7/c1-26-16-9-8-14(12-15(16)23)18(17(27-2)10-11-22)28-20(25)21-19(24)13-6-4-3-5-7-13/h3-9,12,17-18,22-23H,10-11H2,1-2H3,(H,21,24,25)/t17-,18-/m1/s1. The van der Waals surface area contributed by atoms with Crippen LogP contribution in [0.2, 0.25) is 0 Å². The summed E-state index contributed by atoms with van der Waals surface area (Å²) >= 11 is 0. The van der Waals surface area contributed by atoms with Crippen LogP contribution < -0.4 is 10.1 Å². The van der Waals surface area contributed by atoms with Gasteiger partial charge in [-0.2, -0.15) is 0 Å². The number of methoxy groups -OCH3 is 2. The Morgan fingerprint density at radius 2 is 1.82 bits per heavy atom. The summed E-state index contributed by atoms with van der Waals surface area (Å²) in [5.41, 5.74) is 0.720. The van der Waals surface area contributed by atoms with Gasteiger partial charge in [-0.3, -0.25) is 10.1 Å². The van der Waals surface area contributed by atoms with E-state index in [1.54, 1.807) is 36.4 Å². The van der Waals surface area contributed by atoms with E-state index in [2.05, 4.69) is 5.32 Å². The van der Waals surface area contributed by atoms with Crippen molar-refractivity contribution in [1.82, 2.24) is 5.32 Å². The second kappa shape index (κ2) is 10.3. The minimum atomic E-state index is -0.978. The molecule has 3 N–H and O–H groups in total. The monoisotopic (exact) mass is 389 g/mol. The predicted molar refractivity (Wildman–Crippen MR) is 100 cm³/mol. The number of aliphatic hydroxyl groups excluding tert-OH is 1. The molecule has 0 spiro atoms. The Kier molecular flexibility index (Phi) is 7.79. The van der Waals surface area contributed by atoms with Gasteiger partial charge in [0.25, 0.3) is 5.91 Å². The molecule has 0 aliphatic heterocycles. The number of aromatic hydroxyl groups is 1. The molecule has 2 amide bonds. The summed E-state index contributed by atoms with van der Waals surface area (Å²) in [6.07, 6.45) is -2.48. The van der Waals surface area contributed by atoms with Crippen molar-refractivity contribution in [2.75, 3.05) is 20.8 Å². The van der Waals surface area contributed by atoms with Gasteiger partial charge in [0.1, 0.15) is 6.10 Å². The summed E-state index contributed by atoms with van der Waals surface area (Å²) in [7, 11) is 2.82. The van der Waals surface area contributed by atoms with E-state index < -0.39 is 24.2 Å². The average Bonchev–Trinajstić information content (AvgIpc) is 2.71. The second-order valence-corrected chi connectivity index (χ2v) is 5.86. The fourth-order valence-electron chi connectivity index (χ4n) is 2.66. The number of aliphatic hydroxyl groups is 1. The summed E-state index contributed by atoms with van der Waals surface area (Å²) in [4.78, 5) is 24.4. The van der Waals surface area contributed by atoms with Crippen LogP contribution in [-0.4, -0.2) is 49.1 Å². The van der Waals surface area contributed by atoms with Crippen molar-refractivity contribution in [2.24, 2.45) is 0 Å². The Bertz CT molecular complexity index is 794. The van der Waals surface area contributed by atoms with Crippen LogP contribution in [0.1, 0.15) is 28.4 Å². The summed E-state index contributed by atoms with van der Waals surface area (Å²) in [5.74, 6) is -0.506. The van der Waals surface area contributed by atoms with E-state index >= 15 is 0 Å². The predicted octanol–water partition coefficient (Wildman–Crippen LogP) is 2.41. The van der Waals surface area contributed by atoms with E-state index in [4.69, 9.17) is 14.2 Å². The smallest absolute Gasteiger partial charge is 0.414 e. The van der Waals surface area contributed by atoms with Crippen LogP contribution in [-0.2, 0) is 9.47 Å². The number of carbonyl (C=O) groups excluding carboxylic acids is 2. The fourth-order valence-corrected chi connectivity index (χ4v) is 2.66. The maximum absolute atomic E-state index is 12.3. The van der Waals surface area contributed by atoms with Crippen LogP contribution in [0.15, 0.2) is 48.5 Å². The van der Waals surface area contributed by atoms with Crippen LogP contribution in [0, 0.1) is 0 Å². The van der Waals surface area contributed by atoms with Crippen molar-refractivity contribution >= 4 is 12.0 Å². The van der Waals surface area contributed by atoms with E-state index in [0.29, 0.717) is 11.1 Å². The largest absolute Gasteiger partial charge is 0.504 e. The number of amides is 2. The number of phenols is 1. The number of rotatable bonds is 8. The van der Waals surface area contributed by atoms with Crippen molar-refractivity contribution in [3.05, 3.63) is 59.7 Å². The Labute approximate surface area is 162 Å². The molecule has 2 rings (SSSR count). The molecule has 0 radical (unpaired) electrons. The number of hydrogen-bond donors (Lipinski definition) is 3. The second-order valence-electron chi connectivity index (χ2n) is 5.86. The molecule has 0 bridgehead atoms. The first kappa shape index (κ1) is 21.2. The third-order valence-electron chi connectivity index (χ3n) is 4.07. The normalized spacial score (nSPS) is 12.7. The Balaban J connectivity index is 2.20. The quantitative estimate of drug-likeness (QED) is 0.635. The highest BCUT2D eigenvalue weighted by Crippen LogP contribution is 2.33. The van der Waals surface area contributed by atoms with Gasteiger partial charge in [-0.05, 0) is 29.8 Å². The number of hydrogen-bond acceptors (Lipinski definition) is 7. The van der Waals surface area contributed by atoms with E-state index in [1.165, 1.54) is 26.4 Å². The third-order valence-corrected chi connectivity index (χ3v) is 4.07. The Morgan fingerprint density at radius 1 is 1.11 bits per heavy atom. The van der Waals surface area contributed by atoms with Crippen LogP contribution >= 0.6 is 0 Å². The van der Waals surface area contributed by atoms with Gasteiger partial charge >= 0.3 is 6.09 Å². The molecule has 0 fully saturated rings. The minimum Gasteiger partial charge on any atom is -0.504 e. The lowest BCUT2D eigenvalue weighted by molar-refractivity contribution is -0.0338. The molecule has 8 nitrogen and oxygen atoms in total. The molecule has 2 atom stereocenters. The minimum absolute atomic E-state index is 0.145. The van der Waals surface area contributed by atoms with Gasteiger partial charge in [0.2, 0.25) is 0 Å². The molecule has 0 heterocycles. The number of benzene rings is 2. The van der Waals surface area contributed by atoms with Gasteiger partial charge in [0.05, 0.1) is 7.11 Å². The van der Waals surface area contributed by atoms with E-state index in [1.807, 2.05) is 0 Å². The SMILES string of the molecule is COc1ccc([C@@H](OC(=O)NC(=O)c2ccccc2)[C@@H](CCO)OC)cc1O. The highest BCUT2D eigenvalue weighted by molar-refractivity contribution is 6.02. The van der Waals surface area contributed by atoms with Crippen molar-refractivity contribution in [2.45, 2.75) is 18.6 Å². The van der Waals surface area contributed by atoms with Gasteiger partial charge < -0.3 is 24.4 Å². The summed E-state index contributed by atoms with van der Waals surface area (Å²) in [6.45, 7) is -0.203. The Hall–Kier alpha value is -3.10. The molecule has 2 aromatic rings. The molecular formula is C20H23NO7. The molecule has 0 saturated heterocycles. The molecular weight excluding hydrogens is 366 g/mol. The van der Waals surface area contributed by atoms with Crippen LogP contribution in [0.25, 0.3) is 0 Å². The molecule has 0 saturated carbocycles. The number of alkyl carbamates (subject to hydrolysis) is 1. The fraction of sp³-hybridized carbons (Fsp3) is 0.300. The van der Waals surface area contributed by atoms with E-state index in [-0.39, 0.29) is 24.5 Å². The molecule has 2 aromatic carbocycles. The van der Waals surface area contributed by atoms with Gasteiger partial charge in [-0.1, -0.05) is 24.3 Å². The first-order valence-corrected chi connectivity index (χ1v) is 8.57. The first-order valence-electron chi connectivity index (χ1n) is 8.57. The van der Waals surface area contributed by atoms with E-state index in [0.717, 1.165) is 0 Å².